The van der Waals surface area contributed by atoms with E-state index in [1.807, 2.05) is 30.3 Å². The van der Waals surface area contributed by atoms with Crippen molar-refractivity contribution >= 4 is 17.9 Å². The lowest BCUT2D eigenvalue weighted by Crippen LogP contribution is -2.42. The molecule has 3 N–H and O–H groups in total. The van der Waals surface area contributed by atoms with Crippen molar-refractivity contribution in [2.75, 3.05) is 19.6 Å². The van der Waals surface area contributed by atoms with Crippen molar-refractivity contribution in [1.29, 1.82) is 0 Å². The van der Waals surface area contributed by atoms with Crippen LogP contribution in [0.2, 0.25) is 0 Å². The summed E-state index contributed by atoms with van der Waals surface area (Å²) in [5, 5.41) is 7.67. The van der Waals surface area contributed by atoms with Gasteiger partial charge in [0.1, 0.15) is 5.60 Å². The molecule has 0 fully saturated rings. The summed E-state index contributed by atoms with van der Waals surface area (Å²) in [5.41, 5.74) is 0.324. The highest BCUT2D eigenvalue weighted by molar-refractivity contribution is 5.82. The topological polar surface area (TPSA) is 96.5 Å². The lowest BCUT2D eigenvalue weighted by molar-refractivity contribution is -0.122. The Morgan fingerprint density at radius 1 is 0.917 bits per heavy atom. The summed E-state index contributed by atoms with van der Waals surface area (Å²) in [7, 11) is 0. The average molecular weight is 335 g/mol. The average Bonchev–Trinajstić information content (AvgIpc) is 2.49. The van der Waals surface area contributed by atoms with Crippen molar-refractivity contribution < 1.29 is 19.1 Å². The van der Waals surface area contributed by atoms with Crippen molar-refractivity contribution in [2.24, 2.45) is 0 Å². The van der Waals surface area contributed by atoms with Gasteiger partial charge in [-0.15, -0.1) is 0 Å². The number of nitrogens with one attached hydrogen (secondary N) is 3. The van der Waals surface area contributed by atoms with Crippen LogP contribution in [0.4, 0.5) is 4.79 Å². The molecule has 0 aromatic heterocycles. The van der Waals surface area contributed by atoms with Gasteiger partial charge in [-0.25, -0.2) is 4.79 Å². The van der Waals surface area contributed by atoms with Gasteiger partial charge in [0.25, 0.3) is 0 Å². The van der Waals surface area contributed by atoms with Crippen LogP contribution in [0.25, 0.3) is 0 Å². The molecule has 0 spiro atoms. The third kappa shape index (κ3) is 9.45. The van der Waals surface area contributed by atoms with Crippen LogP contribution in [0.3, 0.4) is 0 Å². The molecule has 1 rings (SSSR count). The standard InChI is InChI=1S/C17H25N3O4/c1-17(2,3)24-16(23)20-12-15(22)19-10-9-18-14(21)11-13-7-5-4-6-8-13/h4-8H,9-12H2,1-3H3,(H,18,21)(H,19,22)(H,20,23). The number of benzene rings is 1. The number of ether oxygens (including phenoxy) is 1. The van der Waals surface area contributed by atoms with Crippen LogP contribution in [0.1, 0.15) is 26.3 Å². The Hall–Kier alpha value is -2.57. The molecular formula is C17H25N3O4. The van der Waals surface area contributed by atoms with E-state index in [0.29, 0.717) is 13.0 Å². The minimum Gasteiger partial charge on any atom is -0.444 e. The van der Waals surface area contributed by atoms with E-state index < -0.39 is 11.7 Å². The van der Waals surface area contributed by atoms with Crippen molar-refractivity contribution in [3.8, 4) is 0 Å². The zero-order chi connectivity index (χ0) is 18.0. The van der Waals surface area contributed by atoms with Crippen LogP contribution in [0, 0.1) is 0 Å². The molecule has 1 aromatic rings. The first kappa shape index (κ1) is 19.5. The molecule has 0 saturated heterocycles. The highest BCUT2D eigenvalue weighted by Gasteiger charge is 2.16. The number of carbonyl (C=O) groups is 3. The fourth-order valence-corrected chi connectivity index (χ4v) is 1.78. The van der Waals surface area contributed by atoms with E-state index in [4.69, 9.17) is 4.74 Å². The normalized spacial score (nSPS) is 10.6. The summed E-state index contributed by atoms with van der Waals surface area (Å²) in [6.45, 7) is 5.66. The first-order valence-corrected chi connectivity index (χ1v) is 7.80. The summed E-state index contributed by atoms with van der Waals surface area (Å²) in [4.78, 5) is 34.6. The number of carbonyl (C=O) groups excluding carboxylic acids is 3. The zero-order valence-corrected chi connectivity index (χ0v) is 14.3. The van der Waals surface area contributed by atoms with Crippen molar-refractivity contribution in [1.82, 2.24) is 16.0 Å². The van der Waals surface area contributed by atoms with Gasteiger partial charge in [-0.2, -0.15) is 0 Å². The van der Waals surface area contributed by atoms with E-state index in [9.17, 15) is 14.4 Å². The third-order valence-electron chi connectivity index (χ3n) is 2.77. The second-order valence-electron chi connectivity index (χ2n) is 6.22. The fraction of sp³-hybridized carbons (Fsp3) is 0.471. The van der Waals surface area contributed by atoms with Gasteiger partial charge in [-0.1, -0.05) is 30.3 Å². The summed E-state index contributed by atoms with van der Waals surface area (Å²) in [5.74, 6) is -0.458. The van der Waals surface area contributed by atoms with Gasteiger partial charge in [0.2, 0.25) is 11.8 Å². The molecule has 0 aliphatic heterocycles. The van der Waals surface area contributed by atoms with Gasteiger partial charge >= 0.3 is 6.09 Å². The second-order valence-corrected chi connectivity index (χ2v) is 6.22. The van der Waals surface area contributed by atoms with Gasteiger partial charge in [-0.3, -0.25) is 9.59 Å². The first-order valence-electron chi connectivity index (χ1n) is 7.80. The van der Waals surface area contributed by atoms with E-state index in [1.165, 1.54) is 0 Å². The molecule has 7 nitrogen and oxygen atoms in total. The molecule has 0 bridgehead atoms. The van der Waals surface area contributed by atoms with E-state index in [1.54, 1.807) is 20.8 Å². The largest absolute Gasteiger partial charge is 0.444 e. The first-order chi connectivity index (χ1) is 11.3. The van der Waals surface area contributed by atoms with Gasteiger partial charge in [0.05, 0.1) is 13.0 Å². The molecule has 0 saturated carbocycles. The molecule has 0 aliphatic rings. The second kappa shape index (κ2) is 9.54. The Morgan fingerprint density at radius 2 is 1.50 bits per heavy atom. The predicted molar refractivity (Wildman–Crippen MR) is 90.4 cm³/mol. The summed E-state index contributed by atoms with van der Waals surface area (Å²) in [6.07, 6.45) is -0.344. The van der Waals surface area contributed by atoms with Crippen molar-refractivity contribution in [2.45, 2.75) is 32.8 Å². The molecule has 3 amide bonds. The number of amides is 3. The monoisotopic (exact) mass is 335 g/mol. The van der Waals surface area contributed by atoms with Gasteiger partial charge in [0.15, 0.2) is 0 Å². The van der Waals surface area contributed by atoms with Crippen LogP contribution < -0.4 is 16.0 Å². The van der Waals surface area contributed by atoms with Crippen molar-refractivity contribution in [3.05, 3.63) is 35.9 Å². The Labute approximate surface area is 142 Å². The molecule has 24 heavy (non-hydrogen) atoms. The van der Waals surface area contributed by atoms with Crippen LogP contribution in [-0.2, 0) is 20.7 Å². The van der Waals surface area contributed by atoms with Gasteiger partial charge in [-0.05, 0) is 26.3 Å². The molecule has 0 heterocycles. The minimum atomic E-state index is -0.645. The van der Waals surface area contributed by atoms with Crippen LogP contribution in [0.5, 0.6) is 0 Å². The maximum Gasteiger partial charge on any atom is 0.408 e. The number of alkyl carbamates (subject to hydrolysis) is 1. The number of rotatable bonds is 7. The predicted octanol–water partition coefficient (Wildman–Crippen LogP) is 0.986. The fourth-order valence-electron chi connectivity index (χ4n) is 1.78. The SMILES string of the molecule is CC(C)(C)OC(=O)NCC(=O)NCCNC(=O)Cc1ccccc1. The maximum atomic E-state index is 11.7. The van der Waals surface area contributed by atoms with E-state index in [2.05, 4.69) is 16.0 Å². The van der Waals surface area contributed by atoms with Gasteiger partial charge < -0.3 is 20.7 Å². The highest BCUT2D eigenvalue weighted by atomic mass is 16.6. The quantitative estimate of drug-likeness (QED) is 0.647. The molecular weight excluding hydrogens is 310 g/mol. The van der Waals surface area contributed by atoms with E-state index >= 15 is 0 Å². The van der Waals surface area contributed by atoms with E-state index in [-0.39, 0.29) is 24.9 Å². The highest BCUT2D eigenvalue weighted by Crippen LogP contribution is 2.06. The Morgan fingerprint density at radius 3 is 2.08 bits per heavy atom. The molecule has 0 unspecified atom stereocenters. The molecule has 1 aromatic carbocycles. The lowest BCUT2D eigenvalue weighted by atomic mass is 10.1. The molecule has 132 valence electrons. The Kier molecular flexibility index (Phi) is 7.74. The number of hydrogen-bond donors (Lipinski definition) is 3. The minimum absolute atomic E-state index is 0.109. The number of hydrogen-bond acceptors (Lipinski definition) is 4. The maximum absolute atomic E-state index is 11.7. The summed E-state index contributed by atoms with van der Waals surface area (Å²) < 4.78 is 5.01. The molecule has 0 aliphatic carbocycles. The van der Waals surface area contributed by atoms with Crippen LogP contribution in [-0.4, -0.2) is 43.1 Å². The Bertz CT molecular complexity index is 553. The molecule has 0 radical (unpaired) electrons. The zero-order valence-electron chi connectivity index (χ0n) is 14.3. The van der Waals surface area contributed by atoms with E-state index in [0.717, 1.165) is 5.56 Å². The van der Waals surface area contributed by atoms with Crippen molar-refractivity contribution in [3.63, 3.8) is 0 Å². The summed E-state index contributed by atoms with van der Waals surface area (Å²) in [6, 6.07) is 9.40. The summed E-state index contributed by atoms with van der Waals surface area (Å²) >= 11 is 0. The third-order valence-corrected chi connectivity index (χ3v) is 2.77. The van der Waals surface area contributed by atoms with Crippen LogP contribution in [0.15, 0.2) is 30.3 Å². The van der Waals surface area contributed by atoms with Crippen LogP contribution >= 0.6 is 0 Å². The smallest absolute Gasteiger partial charge is 0.408 e. The van der Waals surface area contributed by atoms with Gasteiger partial charge in [0, 0.05) is 13.1 Å². The molecule has 7 heteroatoms. The lowest BCUT2D eigenvalue weighted by Gasteiger charge is -2.19. The Balaban J connectivity index is 2.11. The molecule has 0 atom stereocenters.